The Bertz CT molecular complexity index is 801. The van der Waals surface area contributed by atoms with Crippen LogP contribution in [-0.2, 0) is 16.1 Å². The predicted octanol–water partition coefficient (Wildman–Crippen LogP) is 1.77. The van der Waals surface area contributed by atoms with Crippen LogP contribution in [0, 0.1) is 6.92 Å². The van der Waals surface area contributed by atoms with E-state index in [9.17, 15) is 9.59 Å². The van der Waals surface area contributed by atoms with Crippen molar-refractivity contribution in [2.24, 2.45) is 0 Å². The first-order valence-electron chi connectivity index (χ1n) is 8.28. The first kappa shape index (κ1) is 17.2. The number of amides is 1. The molecule has 6 heteroatoms. The number of carbonyl (C=O) groups is 1. The predicted molar refractivity (Wildman–Crippen MR) is 93.7 cm³/mol. The molecule has 132 valence electrons. The summed E-state index contributed by atoms with van der Waals surface area (Å²) in [7, 11) is 1.45. The van der Waals surface area contributed by atoms with Gasteiger partial charge in [0, 0.05) is 18.3 Å². The summed E-state index contributed by atoms with van der Waals surface area (Å²) in [5, 5.41) is 0. The SMILES string of the molecule is COc1cn(CC(=O)N2CCOC(c3ccccc3)C2)c(C)cc1=O. The summed E-state index contributed by atoms with van der Waals surface area (Å²) >= 11 is 0. The molecule has 0 spiro atoms. The lowest BCUT2D eigenvalue weighted by molar-refractivity contribution is -0.139. The minimum absolute atomic E-state index is 0.00182. The Hall–Kier alpha value is -2.60. The molecule has 1 aliphatic rings. The average Bonchev–Trinajstić information content (AvgIpc) is 2.64. The van der Waals surface area contributed by atoms with Crippen LogP contribution in [0.15, 0.2) is 47.4 Å². The van der Waals surface area contributed by atoms with E-state index in [0.717, 1.165) is 11.3 Å². The molecule has 0 bridgehead atoms. The molecular formula is C19H22N2O4. The normalized spacial score (nSPS) is 17.4. The molecule has 0 N–H and O–H groups in total. The number of pyridine rings is 1. The summed E-state index contributed by atoms with van der Waals surface area (Å²) in [6.45, 7) is 3.58. The molecule has 1 saturated heterocycles. The van der Waals surface area contributed by atoms with Crippen molar-refractivity contribution < 1.29 is 14.3 Å². The van der Waals surface area contributed by atoms with Gasteiger partial charge in [0.05, 0.1) is 26.5 Å². The topological polar surface area (TPSA) is 60.8 Å². The van der Waals surface area contributed by atoms with Gasteiger partial charge in [0.15, 0.2) is 5.75 Å². The smallest absolute Gasteiger partial charge is 0.242 e. The lowest BCUT2D eigenvalue weighted by Crippen LogP contribution is -2.43. The van der Waals surface area contributed by atoms with Crippen LogP contribution in [0.3, 0.4) is 0 Å². The number of methoxy groups -OCH3 is 1. The van der Waals surface area contributed by atoms with Crippen molar-refractivity contribution in [1.82, 2.24) is 9.47 Å². The van der Waals surface area contributed by atoms with Gasteiger partial charge in [-0.3, -0.25) is 9.59 Å². The highest BCUT2D eigenvalue weighted by Gasteiger charge is 2.25. The van der Waals surface area contributed by atoms with E-state index in [2.05, 4.69) is 0 Å². The lowest BCUT2D eigenvalue weighted by Gasteiger charge is -2.33. The second kappa shape index (κ2) is 7.53. The van der Waals surface area contributed by atoms with Crippen LogP contribution < -0.4 is 10.2 Å². The number of ether oxygens (including phenoxy) is 2. The third-order valence-electron chi connectivity index (χ3n) is 4.42. The van der Waals surface area contributed by atoms with Crippen molar-refractivity contribution >= 4 is 5.91 Å². The van der Waals surface area contributed by atoms with E-state index in [-0.39, 0.29) is 29.7 Å². The summed E-state index contributed by atoms with van der Waals surface area (Å²) in [6, 6.07) is 11.4. The van der Waals surface area contributed by atoms with Gasteiger partial charge in [-0.15, -0.1) is 0 Å². The number of aromatic nitrogens is 1. The number of hydrogen-bond donors (Lipinski definition) is 0. The largest absolute Gasteiger partial charge is 0.491 e. The van der Waals surface area contributed by atoms with Gasteiger partial charge in [-0.2, -0.15) is 0 Å². The molecule has 2 aromatic rings. The van der Waals surface area contributed by atoms with Crippen LogP contribution in [0.25, 0.3) is 0 Å². The maximum absolute atomic E-state index is 12.7. The lowest BCUT2D eigenvalue weighted by atomic mass is 10.1. The Kier molecular flexibility index (Phi) is 5.19. The standard InChI is InChI=1S/C19H22N2O4/c1-14-10-16(22)18(24-2)12-21(14)13-19(23)20-8-9-25-17(11-20)15-6-4-3-5-7-15/h3-7,10,12,17H,8-9,11,13H2,1-2H3. The Morgan fingerprint density at radius 2 is 2.08 bits per heavy atom. The first-order chi connectivity index (χ1) is 12.1. The monoisotopic (exact) mass is 342 g/mol. The second-order valence-electron chi connectivity index (χ2n) is 6.09. The van der Waals surface area contributed by atoms with Gasteiger partial charge in [0.2, 0.25) is 11.3 Å². The highest BCUT2D eigenvalue weighted by molar-refractivity contribution is 5.76. The zero-order valence-corrected chi connectivity index (χ0v) is 14.5. The summed E-state index contributed by atoms with van der Waals surface area (Å²) in [5.74, 6) is 0.237. The van der Waals surface area contributed by atoms with Crippen molar-refractivity contribution in [3.05, 3.63) is 64.1 Å². The van der Waals surface area contributed by atoms with Crippen LogP contribution in [-0.4, -0.2) is 42.2 Å². The summed E-state index contributed by atoms with van der Waals surface area (Å²) in [4.78, 5) is 26.3. The van der Waals surface area contributed by atoms with Crippen molar-refractivity contribution in [3.63, 3.8) is 0 Å². The number of aryl methyl sites for hydroxylation is 1. The minimum atomic E-state index is -0.181. The molecular weight excluding hydrogens is 320 g/mol. The highest BCUT2D eigenvalue weighted by atomic mass is 16.5. The Labute approximate surface area is 146 Å². The maximum Gasteiger partial charge on any atom is 0.242 e. The number of carbonyl (C=O) groups excluding carboxylic acids is 1. The molecule has 25 heavy (non-hydrogen) atoms. The molecule has 0 saturated carbocycles. The van der Waals surface area contributed by atoms with Crippen LogP contribution >= 0.6 is 0 Å². The van der Waals surface area contributed by atoms with Crippen molar-refractivity contribution in [2.45, 2.75) is 19.6 Å². The van der Waals surface area contributed by atoms with E-state index in [1.165, 1.54) is 13.2 Å². The fourth-order valence-corrected chi connectivity index (χ4v) is 2.97. The Morgan fingerprint density at radius 3 is 2.80 bits per heavy atom. The first-order valence-corrected chi connectivity index (χ1v) is 8.28. The Balaban J connectivity index is 1.72. The molecule has 1 aliphatic heterocycles. The molecule has 3 rings (SSSR count). The molecule has 1 aromatic carbocycles. The van der Waals surface area contributed by atoms with Crippen molar-refractivity contribution in [1.29, 1.82) is 0 Å². The van der Waals surface area contributed by atoms with Gasteiger partial charge >= 0.3 is 0 Å². The average molecular weight is 342 g/mol. The van der Waals surface area contributed by atoms with Crippen molar-refractivity contribution in [2.75, 3.05) is 26.8 Å². The zero-order valence-electron chi connectivity index (χ0n) is 14.5. The summed E-state index contributed by atoms with van der Waals surface area (Å²) in [6.07, 6.45) is 1.48. The van der Waals surface area contributed by atoms with Gasteiger partial charge in [0.1, 0.15) is 12.6 Å². The van der Waals surface area contributed by atoms with E-state index < -0.39 is 0 Å². The van der Waals surface area contributed by atoms with Gasteiger partial charge in [-0.1, -0.05) is 30.3 Å². The Morgan fingerprint density at radius 1 is 1.32 bits per heavy atom. The number of nitrogens with zero attached hydrogens (tertiary/aromatic N) is 2. The molecule has 1 fully saturated rings. The third kappa shape index (κ3) is 3.91. The van der Waals surface area contributed by atoms with Crippen LogP contribution in [0.2, 0.25) is 0 Å². The number of benzene rings is 1. The summed E-state index contributed by atoms with van der Waals surface area (Å²) in [5.41, 5.74) is 1.62. The molecule has 2 heterocycles. The second-order valence-corrected chi connectivity index (χ2v) is 6.09. The van der Waals surface area contributed by atoms with E-state index >= 15 is 0 Å². The number of morpholine rings is 1. The third-order valence-corrected chi connectivity index (χ3v) is 4.42. The van der Waals surface area contributed by atoms with Gasteiger partial charge in [-0.05, 0) is 12.5 Å². The fraction of sp³-hybridized carbons (Fsp3) is 0.368. The van der Waals surface area contributed by atoms with Crippen LogP contribution in [0.1, 0.15) is 17.4 Å². The van der Waals surface area contributed by atoms with Gasteiger partial charge in [0.25, 0.3) is 0 Å². The van der Waals surface area contributed by atoms with Crippen LogP contribution in [0.5, 0.6) is 5.75 Å². The van der Waals surface area contributed by atoms with E-state index in [4.69, 9.17) is 9.47 Å². The maximum atomic E-state index is 12.7. The molecule has 1 aromatic heterocycles. The molecule has 1 atom stereocenters. The van der Waals surface area contributed by atoms with Crippen LogP contribution in [0.4, 0.5) is 0 Å². The van der Waals surface area contributed by atoms with E-state index in [1.54, 1.807) is 17.7 Å². The fourth-order valence-electron chi connectivity index (χ4n) is 2.97. The molecule has 1 unspecified atom stereocenters. The van der Waals surface area contributed by atoms with Crippen molar-refractivity contribution in [3.8, 4) is 5.75 Å². The molecule has 0 aliphatic carbocycles. The van der Waals surface area contributed by atoms with E-state index in [1.807, 2.05) is 35.2 Å². The van der Waals surface area contributed by atoms with E-state index in [0.29, 0.717) is 19.7 Å². The number of hydrogen-bond acceptors (Lipinski definition) is 4. The number of rotatable bonds is 4. The quantitative estimate of drug-likeness (QED) is 0.850. The summed E-state index contributed by atoms with van der Waals surface area (Å²) < 4.78 is 12.6. The molecule has 1 amide bonds. The van der Waals surface area contributed by atoms with Gasteiger partial charge < -0.3 is 18.9 Å². The minimum Gasteiger partial charge on any atom is -0.491 e. The zero-order chi connectivity index (χ0) is 17.8. The van der Waals surface area contributed by atoms with Gasteiger partial charge in [-0.25, -0.2) is 0 Å². The molecule has 0 radical (unpaired) electrons. The molecule has 6 nitrogen and oxygen atoms in total. The highest BCUT2D eigenvalue weighted by Crippen LogP contribution is 2.22.